The second-order valence-electron chi connectivity index (χ2n) is 30.5. The quantitative estimate of drug-likeness (QED) is 0.0450. The molecule has 612 valence electrons. The molecule has 0 radical (unpaired) electrons. The van der Waals surface area contributed by atoms with Crippen molar-refractivity contribution >= 4 is 11.4 Å². The van der Waals surface area contributed by atoms with Crippen LogP contribution >= 0.6 is 0 Å². The summed E-state index contributed by atoms with van der Waals surface area (Å²) in [6.45, 7) is 47.6. The van der Waals surface area contributed by atoms with Gasteiger partial charge >= 0.3 is 52.0 Å². The summed E-state index contributed by atoms with van der Waals surface area (Å²) in [5, 5.41) is 22.5. The third-order valence-corrected chi connectivity index (χ3v) is 19.4. The second kappa shape index (κ2) is 54.1. The van der Waals surface area contributed by atoms with Crippen LogP contribution in [0.5, 0.6) is 23.0 Å². The Balaban J connectivity index is 0.000000283. The fourth-order valence-corrected chi connectivity index (χ4v) is 13.1. The predicted molar refractivity (Wildman–Crippen MR) is 509 cm³/mol. The maximum Gasteiger partial charge on any atom is 4.00 e. The fourth-order valence-electron chi connectivity index (χ4n) is 13.1. The summed E-state index contributed by atoms with van der Waals surface area (Å²) in [6, 6.07) is 117. The molecule has 14 aromatic rings. The number of benzene rings is 14. The van der Waals surface area contributed by atoms with Crippen molar-refractivity contribution in [2.24, 2.45) is 0 Å². The van der Waals surface area contributed by atoms with E-state index in [9.17, 15) is 10.2 Å². The average Bonchev–Trinajstić information content (AvgIpc) is 0.803. The van der Waals surface area contributed by atoms with E-state index in [4.69, 9.17) is 9.47 Å². The standard InChI is InChI=1S/2C35H41NO2.6C7H7.Hf.Zr/c2*1-24(2)28-15-10-16-29(25(3)4)34(28)36(6)21-12-22-38-33-20-19-26(5)23-32(33)31-18-11-17-30(35(31)37)27-13-8-7-9-14-27;6*1-7-5-3-2-4-6-7;;/h2*7-11,13-20,23-25,37H,12,21-22H2,1-6H3;6*2-6H,1H2;;/q;;6*-1;2*+4. The van der Waals surface area contributed by atoms with Crippen LogP contribution in [0, 0.1) is 55.4 Å². The molecule has 14 rings (SSSR count). The molecule has 0 unspecified atom stereocenters. The molecule has 0 saturated carbocycles. The molecule has 0 bridgehead atoms. The molecule has 120 heavy (non-hydrogen) atoms. The molecule has 0 aliphatic carbocycles. The van der Waals surface area contributed by atoms with Crippen molar-refractivity contribution in [1.82, 2.24) is 0 Å². The van der Waals surface area contributed by atoms with Crippen molar-refractivity contribution in [3.05, 3.63) is 460 Å². The van der Waals surface area contributed by atoms with E-state index in [-0.39, 0.29) is 63.5 Å². The topological polar surface area (TPSA) is 65.4 Å². The monoisotopic (exact) mass is 1830 g/mol. The van der Waals surface area contributed by atoms with Crippen molar-refractivity contribution in [3.63, 3.8) is 0 Å². The predicted octanol–water partition coefficient (Wildman–Crippen LogP) is 29.6. The van der Waals surface area contributed by atoms with Gasteiger partial charge in [0, 0.05) is 71.9 Å². The van der Waals surface area contributed by atoms with Crippen LogP contribution in [0.3, 0.4) is 0 Å². The fraction of sp³-hybridized carbons (Fsp3) is 0.196. The van der Waals surface area contributed by atoms with Gasteiger partial charge < -0.3 is 29.5 Å². The van der Waals surface area contributed by atoms with Gasteiger partial charge in [0.2, 0.25) is 0 Å². The maximum absolute atomic E-state index is 11.3. The van der Waals surface area contributed by atoms with E-state index < -0.39 is 0 Å². The molecule has 8 heteroatoms. The third kappa shape index (κ3) is 33.6. The first-order valence-electron chi connectivity index (χ1n) is 41.0. The minimum Gasteiger partial charge on any atom is -0.507 e. The van der Waals surface area contributed by atoms with Gasteiger partial charge in [-0.1, -0.05) is 249 Å². The van der Waals surface area contributed by atoms with Gasteiger partial charge in [0.25, 0.3) is 0 Å². The number of aryl methyl sites for hydroxylation is 2. The van der Waals surface area contributed by atoms with E-state index in [1.807, 2.05) is 291 Å². The summed E-state index contributed by atoms with van der Waals surface area (Å²) in [5.74, 6) is 4.02. The Morgan fingerprint density at radius 2 is 0.492 bits per heavy atom. The number of nitrogens with zero attached hydrogens (tertiary/aromatic N) is 2. The van der Waals surface area contributed by atoms with Crippen LogP contribution in [0.15, 0.2) is 352 Å². The van der Waals surface area contributed by atoms with E-state index in [2.05, 4.69) is 195 Å². The van der Waals surface area contributed by atoms with Crippen LogP contribution in [0.1, 0.15) is 159 Å². The van der Waals surface area contributed by atoms with Crippen molar-refractivity contribution in [2.75, 3.05) is 50.2 Å². The van der Waals surface area contributed by atoms with E-state index >= 15 is 0 Å². The molecule has 0 aliphatic rings. The third-order valence-electron chi connectivity index (χ3n) is 19.4. The van der Waals surface area contributed by atoms with Crippen LogP contribution in [-0.4, -0.2) is 50.6 Å². The van der Waals surface area contributed by atoms with Crippen LogP contribution in [0.25, 0.3) is 44.5 Å². The number of phenolic OH excluding ortho intramolecular Hbond substituents is 2. The molecule has 0 amide bonds. The Morgan fingerprint density at radius 1 is 0.275 bits per heavy atom. The number of aromatic hydroxyl groups is 2. The van der Waals surface area contributed by atoms with Crippen LogP contribution < -0.4 is 19.3 Å². The van der Waals surface area contributed by atoms with Gasteiger partial charge in [0.05, 0.1) is 13.2 Å². The largest absolute Gasteiger partial charge is 4.00 e. The molecule has 14 aromatic carbocycles. The van der Waals surface area contributed by atoms with E-state index in [0.29, 0.717) is 36.9 Å². The Hall–Kier alpha value is -11.1. The molecule has 2 N–H and O–H groups in total. The first-order chi connectivity index (χ1) is 56.9. The normalized spacial score (nSPS) is 10.1. The van der Waals surface area contributed by atoms with Crippen molar-refractivity contribution in [3.8, 4) is 67.5 Å². The SMILES string of the molecule is Cc1ccc(OCCCN(C)c2c(C(C)C)cccc2C(C)C)c(-c2cccc(-c3ccccc3)c2O)c1.Cc1ccc(OCCCN(C)c2c(C(C)C)cccc2C(C)C)c(-c2cccc(-c3ccccc3)c2O)c1.[CH2-]c1ccccc1.[CH2-]c1ccccc1.[CH2-]c1ccccc1.[CH2-]c1ccccc1.[CH2-]c1ccccc1.[CH2-]c1ccccc1.[Hf+4].[Zr+4]. The zero-order valence-corrected chi connectivity index (χ0v) is 78.9. The van der Waals surface area contributed by atoms with Gasteiger partial charge in [-0.2, -0.15) is 148 Å². The van der Waals surface area contributed by atoms with Crippen LogP contribution in [0.4, 0.5) is 11.4 Å². The molecule has 0 spiro atoms. The minimum absolute atomic E-state index is 0. The molecule has 0 fully saturated rings. The molecular formula is C112H124HfN2O4Zr+2. The van der Waals surface area contributed by atoms with E-state index in [1.54, 1.807) is 0 Å². The zero-order chi connectivity index (χ0) is 85.1. The van der Waals surface area contributed by atoms with E-state index in [1.165, 1.54) is 33.6 Å². The first-order valence-corrected chi connectivity index (χ1v) is 41.0. The summed E-state index contributed by atoms with van der Waals surface area (Å²) < 4.78 is 12.7. The molecular weight excluding hydrogens is 1710 g/mol. The Morgan fingerprint density at radius 3 is 0.708 bits per heavy atom. The van der Waals surface area contributed by atoms with Crippen molar-refractivity contribution in [1.29, 1.82) is 0 Å². The van der Waals surface area contributed by atoms with Crippen molar-refractivity contribution in [2.45, 2.75) is 106 Å². The Bertz CT molecular complexity index is 4570. The molecule has 0 aliphatic heterocycles. The van der Waals surface area contributed by atoms with Crippen LogP contribution in [-0.2, 0) is 52.0 Å². The van der Waals surface area contributed by atoms with Gasteiger partial charge in [0.1, 0.15) is 23.0 Å². The summed E-state index contributed by atoms with van der Waals surface area (Å²) in [4.78, 5) is 4.78. The number of anilines is 2. The van der Waals surface area contributed by atoms with Gasteiger partial charge in [-0.25, -0.2) is 0 Å². The summed E-state index contributed by atoms with van der Waals surface area (Å²) in [7, 11) is 4.38. The molecule has 0 atom stereocenters. The molecule has 0 saturated heterocycles. The average molecular weight is 1830 g/mol. The Labute approximate surface area is 760 Å². The second-order valence-corrected chi connectivity index (χ2v) is 30.5. The number of rotatable bonds is 20. The van der Waals surface area contributed by atoms with Gasteiger partial charge in [0.15, 0.2) is 0 Å². The Kier molecular flexibility index (Phi) is 44.8. The number of para-hydroxylation sites is 4. The smallest absolute Gasteiger partial charge is 0.507 e. The molecule has 0 aromatic heterocycles. The van der Waals surface area contributed by atoms with Gasteiger partial charge in [-0.05, 0) is 108 Å². The summed E-state index contributed by atoms with van der Waals surface area (Å²) >= 11 is 0. The zero-order valence-electron chi connectivity index (χ0n) is 72.9. The van der Waals surface area contributed by atoms with Crippen LogP contribution in [0.2, 0.25) is 0 Å². The number of hydrogen-bond donors (Lipinski definition) is 2. The number of phenols is 2. The summed E-state index contributed by atoms with van der Waals surface area (Å²) in [6.07, 6.45) is 1.79. The van der Waals surface area contributed by atoms with Gasteiger partial charge in [-0.15, -0.1) is 72.8 Å². The number of hydrogen-bond acceptors (Lipinski definition) is 6. The number of ether oxygens (including phenoxy) is 2. The molecule has 0 heterocycles. The van der Waals surface area contributed by atoms with Crippen molar-refractivity contribution < 1.29 is 71.7 Å². The maximum atomic E-state index is 11.3. The first kappa shape index (κ1) is 99.4. The van der Waals surface area contributed by atoms with Gasteiger partial charge in [-0.3, -0.25) is 0 Å². The summed E-state index contributed by atoms with van der Waals surface area (Å²) in [5.41, 5.74) is 24.0. The van der Waals surface area contributed by atoms with E-state index in [0.717, 1.165) is 126 Å². The molecule has 6 nitrogen and oxygen atoms in total. The minimum atomic E-state index is 0.